The first-order valence-electron chi connectivity index (χ1n) is 11.3. The summed E-state index contributed by atoms with van der Waals surface area (Å²) in [6.07, 6.45) is 0. The molecule has 1 aliphatic rings. The number of benzene rings is 4. The first-order chi connectivity index (χ1) is 16.7. The number of ether oxygens (including phenoxy) is 1. The summed E-state index contributed by atoms with van der Waals surface area (Å²) in [6, 6.07) is 33.2. The maximum Gasteiger partial charge on any atom is 0.162 e. The van der Waals surface area contributed by atoms with Gasteiger partial charge in [0, 0.05) is 27.5 Å². The number of rotatable bonds is 4. The van der Waals surface area contributed by atoms with Gasteiger partial charge in [0.1, 0.15) is 11.6 Å². The van der Waals surface area contributed by atoms with Crippen molar-refractivity contribution in [3.05, 3.63) is 119 Å². The maximum atomic E-state index is 5.32. The van der Waals surface area contributed by atoms with Gasteiger partial charge in [0.2, 0.25) is 0 Å². The highest BCUT2D eigenvalue weighted by Crippen LogP contribution is 2.36. The van der Waals surface area contributed by atoms with Gasteiger partial charge in [-0.05, 0) is 36.8 Å². The smallest absolute Gasteiger partial charge is 0.162 e. The highest BCUT2D eigenvalue weighted by atomic mass is 16.5. The predicted molar refractivity (Wildman–Crippen MR) is 140 cm³/mol. The molecule has 1 aliphatic heterocycles. The Bertz CT molecular complexity index is 1570. The molecule has 0 unspecified atom stereocenters. The van der Waals surface area contributed by atoms with Crippen LogP contribution < -0.4 is 4.74 Å². The van der Waals surface area contributed by atoms with E-state index in [-0.39, 0.29) is 0 Å². The van der Waals surface area contributed by atoms with E-state index < -0.39 is 0 Å². The molecular formula is C30H23N3O. The van der Waals surface area contributed by atoms with E-state index in [4.69, 9.17) is 14.7 Å². The Hall–Kier alpha value is -4.44. The van der Waals surface area contributed by atoms with Gasteiger partial charge in [-0.15, -0.1) is 0 Å². The summed E-state index contributed by atoms with van der Waals surface area (Å²) in [5.74, 6) is 2.35. The highest BCUT2D eigenvalue weighted by molar-refractivity contribution is 6.29. The van der Waals surface area contributed by atoms with Crippen LogP contribution >= 0.6 is 0 Å². The molecule has 1 N–H and O–H groups in total. The minimum atomic E-state index is 0.712. The molecule has 0 bridgehead atoms. The van der Waals surface area contributed by atoms with Crippen LogP contribution in [0.15, 0.2) is 107 Å². The van der Waals surface area contributed by atoms with E-state index in [1.807, 2.05) is 42.5 Å². The zero-order valence-electron chi connectivity index (χ0n) is 19.0. The number of hydrogen-bond donors (Lipinski definition) is 1. The monoisotopic (exact) mass is 441 g/mol. The molecule has 0 saturated carbocycles. The number of aliphatic imine (C=N–C) groups is 2. The van der Waals surface area contributed by atoms with Crippen molar-refractivity contribution in [1.82, 2.24) is 4.98 Å². The molecule has 164 valence electrons. The van der Waals surface area contributed by atoms with Crippen LogP contribution in [0.5, 0.6) is 5.75 Å². The summed E-state index contributed by atoms with van der Waals surface area (Å²) in [6.45, 7) is 2.10. The number of aromatic amines is 1. The lowest BCUT2D eigenvalue weighted by Gasteiger charge is -2.04. The number of fused-ring (bicyclic) bond motifs is 2. The molecule has 0 fully saturated rings. The van der Waals surface area contributed by atoms with E-state index in [2.05, 4.69) is 66.5 Å². The molecule has 0 amide bonds. The first-order valence-corrected chi connectivity index (χ1v) is 11.3. The van der Waals surface area contributed by atoms with E-state index in [1.165, 1.54) is 5.56 Å². The number of hydrogen-bond acceptors (Lipinski definition) is 2. The third-order valence-electron chi connectivity index (χ3n) is 6.26. The zero-order chi connectivity index (χ0) is 23.1. The molecule has 2 heterocycles. The number of nitrogens with zero attached hydrogens (tertiary/aromatic N) is 2. The zero-order valence-corrected chi connectivity index (χ0v) is 19.0. The van der Waals surface area contributed by atoms with Crippen molar-refractivity contribution in [3.63, 3.8) is 0 Å². The summed E-state index contributed by atoms with van der Waals surface area (Å²) in [4.78, 5) is 13.6. The minimum Gasteiger partial charge on any atom is -0.497 e. The van der Waals surface area contributed by atoms with Crippen molar-refractivity contribution in [3.8, 4) is 17.0 Å². The fourth-order valence-electron chi connectivity index (χ4n) is 4.47. The Morgan fingerprint density at radius 3 is 2.09 bits per heavy atom. The molecule has 5 aromatic rings. The Balaban J connectivity index is 1.50. The van der Waals surface area contributed by atoms with Crippen LogP contribution in [0.3, 0.4) is 0 Å². The predicted octanol–water partition coefficient (Wildman–Crippen LogP) is 7.08. The lowest BCUT2D eigenvalue weighted by Crippen LogP contribution is -2.00. The van der Waals surface area contributed by atoms with Crippen molar-refractivity contribution in [2.24, 2.45) is 9.98 Å². The molecule has 4 aromatic carbocycles. The van der Waals surface area contributed by atoms with E-state index in [9.17, 15) is 0 Å². The molecule has 0 radical (unpaired) electrons. The number of methoxy groups -OCH3 is 1. The van der Waals surface area contributed by atoms with Gasteiger partial charge >= 0.3 is 0 Å². The largest absolute Gasteiger partial charge is 0.497 e. The van der Waals surface area contributed by atoms with Crippen molar-refractivity contribution in [2.75, 3.05) is 7.11 Å². The third kappa shape index (κ3) is 3.41. The third-order valence-corrected chi connectivity index (χ3v) is 6.26. The normalized spacial score (nSPS) is 13.8. The van der Waals surface area contributed by atoms with Crippen molar-refractivity contribution in [1.29, 1.82) is 0 Å². The lowest BCUT2D eigenvalue weighted by atomic mass is 10.00. The molecule has 6 rings (SSSR count). The topological polar surface area (TPSA) is 49.7 Å². The van der Waals surface area contributed by atoms with Gasteiger partial charge < -0.3 is 9.72 Å². The quantitative estimate of drug-likeness (QED) is 0.318. The second-order valence-corrected chi connectivity index (χ2v) is 8.43. The van der Waals surface area contributed by atoms with Gasteiger partial charge in [-0.25, -0.2) is 9.98 Å². The molecule has 4 heteroatoms. The van der Waals surface area contributed by atoms with Crippen molar-refractivity contribution < 1.29 is 4.74 Å². The second-order valence-electron chi connectivity index (χ2n) is 8.43. The Labute approximate surface area is 198 Å². The highest BCUT2D eigenvalue weighted by Gasteiger charge is 2.23. The number of amidine groups is 1. The number of aryl methyl sites for hydroxylation is 1. The fourth-order valence-corrected chi connectivity index (χ4v) is 4.47. The SMILES string of the molecule is COc1ccc(C2=N/C(=N\c3[nH]c(-c4ccc(C)cc4)c4ccccc34)c3ccccc32)cc1. The summed E-state index contributed by atoms with van der Waals surface area (Å²) < 4.78 is 5.32. The van der Waals surface area contributed by atoms with Crippen LogP contribution in [0.2, 0.25) is 0 Å². The van der Waals surface area contributed by atoms with Gasteiger partial charge in [-0.2, -0.15) is 0 Å². The summed E-state index contributed by atoms with van der Waals surface area (Å²) in [5.41, 5.74) is 7.53. The molecule has 0 saturated heterocycles. The van der Waals surface area contributed by atoms with Crippen LogP contribution in [-0.2, 0) is 0 Å². The van der Waals surface area contributed by atoms with Crippen LogP contribution in [-0.4, -0.2) is 23.6 Å². The van der Waals surface area contributed by atoms with Gasteiger partial charge in [0.15, 0.2) is 5.84 Å². The second kappa shape index (κ2) is 8.16. The van der Waals surface area contributed by atoms with E-state index in [0.29, 0.717) is 5.84 Å². The first kappa shape index (κ1) is 20.2. The average Bonchev–Trinajstić information content (AvgIpc) is 3.44. The molecule has 0 atom stereocenters. The molecule has 4 nitrogen and oxygen atoms in total. The lowest BCUT2D eigenvalue weighted by molar-refractivity contribution is 0.415. The standard InChI is InChI=1S/C30H23N3O/c1-19-11-13-20(14-12-19)27-23-7-3-5-9-25(23)29(31-27)33-30-26-10-6-4-8-24(26)28(32-30)21-15-17-22(34-2)18-16-21/h3-18,31H,1-2H3/b33-30-. The fraction of sp³-hybridized carbons (Fsp3) is 0.0667. The molecule has 34 heavy (non-hydrogen) atoms. The summed E-state index contributed by atoms with van der Waals surface area (Å²) >= 11 is 0. The Kier molecular flexibility index (Phi) is 4.84. The summed E-state index contributed by atoms with van der Waals surface area (Å²) in [5, 5.41) is 2.23. The van der Waals surface area contributed by atoms with Crippen molar-refractivity contribution >= 4 is 28.1 Å². The number of aromatic nitrogens is 1. The molecular weight excluding hydrogens is 418 g/mol. The van der Waals surface area contributed by atoms with Crippen LogP contribution in [0.1, 0.15) is 22.3 Å². The van der Waals surface area contributed by atoms with E-state index in [1.54, 1.807) is 7.11 Å². The van der Waals surface area contributed by atoms with Crippen LogP contribution in [0, 0.1) is 6.92 Å². The molecule has 0 aliphatic carbocycles. The van der Waals surface area contributed by atoms with E-state index in [0.717, 1.165) is 56.0 Å². The number of nitrogens with one attached hydrogen (secondary N) is 1. The molecule has 1 aromatic heterocycles. The Morgan fingerprint density at radius 1 is 0.706 bits per heavy atom. The summed E-state index contributed by atoms with van der Waals surface area (Å²) in [7, 11) is 1.67. The minimum absolute atomic E-state index is 0.712. The maximum absolute atomic E-state index is 5.32. The van der Waals surface area contributed by atoms with Crippen LogP contribution in [0.25, 0.3) is 22.0 Å². The van der Waals surface area contributed by atoms with Gasteiger partial charge in [0.05, 0.1) is 18.5 Å². The van der Waals surface area contributed by atoms with E-state index >= 15 is 0 Å². The average molecular weight is 442 g/mol. The van der Waals surface area contributed by atoms with Crippen molar-refractivity contribution in [2.45, 2.75) is 6.92 Å². The van der Waals surface area contributed by atoms with Crippen LogP contribution in [0.4, 0.5) is 5.82 Å². The number of H-pyrrole nitrogens is 1. The van der Waals surface area contributed by atoms with Gasteiger partial charge in [-0.1, -0.05) is 78.4 Å². The van der Waals surface area contributed by atoms with Gasteiger partial charge in [-0.3, -0.25) is 0 Å². The molecule has 0 spiro atoms. The Morgan fingerprint density at radius 2 is 1.35 bits per heavy atom. The van der Waals surface area contributed by atoms with Gasteiger partial charge in [0.25, 0.3) is 0 Å².